The Labute approximate surface area is 145 Å². The summed E-state index contributed by atoms with van der Waals surface area (Å²) < 4.78 is 5.37. The lowest BCUT2D eigenvalue weighted by molar-refractivity contribution is 0.0462. The molecule has 9 nitrogen and oxygen atoms in total. The van der Waals surface area contributed by atoms with Crippen LogP contribution in [0.15, 0.2) is 18.3 Å². The van der Waals surface area contributed by atoms with Crippen molar-refractivity contribution in [2.75, 3.05) is 42.7 Å². The third-order valence-corrected chi connectivity index (χ3v) is 3.83. The fraction of sp³-hybridized carbons (Fsp3) is 0.438. The fourth-order valence-corrected chi connectivity index (χ4v) is 2.63. The number of rotatable bonds is 5. The van der Waals surface area contributed by atoms with Gasteiger partial charge < -0.3 is 20.3 Å². The molecule has 3 rings (SSSR count). The van der Waals surface area contributed by atoms with Gasteiger partial charge in [0.05, 0.1) is 0 Å². The van der Waals surface area contributed by atoms with Crippen molar-refractivity contribution in [1.82, 2.24) is 19.9 Å². The van der Waals surface area contributed by atoms with Gasteiger partial charge in [-0.25, -0.2) is 9.78 Å². The van der Waals surface area contributed by atoms with Gasteiger partial charge in [0.15, 0.2) is 12.4 Å². The van der Waals surface area contributed by atoms with Crippen LogP contribution in [0.5, 0.6) is 0 Å². The Bertz CT molecular complexity index is 760. The molecule has 0 spiro atoms. The van der Waals surface area contributed by atoms with Crippen molar-refractivity contribution in [3.8, 4) is 0 Å². The summed E-state index contributed by atoms with van der Waals surface area (Å²) in [5, 5.41) is 0. The van der Waals surface area contributed by atoms with E-state index < -0.39 is 5.97 Å². The first-order valence-corrected chi connectivity index (χ1v) is 8.09. The number of hydrogen-bond donors (Lipinski definition) is 1. The average Bonchev–Trinajstić information content (AvgIpc) is 3.13. The molecular formula is C16H21N7O2. The molecule has 0 atom stereocenters. The van der Waals surface area contributed by atoms with Crippen LogP contribution in [0.1, 0.15) is 29.0 Å². The molecule has 0 aliphatic carbocycles. The molecule has 2 aromatic heterocycles. The Hall–Kier alpha value is -2.97. The molecule has 3 heterocycles. The smallest absolute Gasteiger partial charge is 0.342 e. The number of pyridine rings is 1. The monoisotopic (exact) mass is 343 g/mol. The Morgan fingerprint density at radius 3 is 2.76 bits per heavy atom. The number of ether oxygens (including phenoxy) is 1. The summed E-state index contributed by atoms with van der Waals surface area (Å²) in [6.45, 7) is 1.71. The van der Waals surface area contributed by atoms with Crippen molar-refractivity contribution in [2.45, 2.75) is 19.4 Å². The molecule has 132 valence electrons. The molecule has 25 heavy (non-hydrogen) atoms. The van der Waals surface area contributed by atoms with Gasteiger partial charge in [0.25, 0.3) is 0 Å². The van der Waals surface area contributed by atoms with Crippen LogP contribution in [0.2, 0.25) is 0 Å². The van der Waals surface area contributed by atoms with Crippen LogP contribution in [-0.2, 0) is 11.3 Å². The van der Waals surface area contributed by atoms with Gasteiger partial charge in [0, 0.05) is 33.4 Å². The number of aromatic nitrogens is 4. The zero-order valence-corrected chi connectivity index (χ0v) is 14.3. The molecule has 0 bridgehead atoms. The Morgan fingerprint density at radius 1 is 1.28 bits per heavy atom. The van der Waals surface area contributed by atoms with E-state index in [1.54, 1.807) is 37.3 Å². The molecule has 2 aromatic rings. The van der Waals surface area contributed by atoms with Crippen LogP contribution < -0.4 is 15.5 Å². The molecule has 2 N–H and O–H groups in total. The van der Waals surface area contributed by atoms with Gasteiger partial charge in [-0.15, -0.1) is 0 Å². The first kappa shape index (κ1) is 16.9. The van der Waals surface area contributed by atoms with Crippen molar-refractivity contribution in [3.63, 3.8) is 0 Å². The van der Waals surface area contributed by atoms with E-state index >= 15 is 0 Å². The third-order valence-electron chi connectivity index (χ3n) is 3.83. The van der Waals surface area contributed by atoms with Crippen molar-refractivity contribution < 1.29 is 9.53 Å². The minimum absolute atomic E-state index is 0.0826. The van der Waals surface area contributed by atoms with E-state index in [0.717, 1.165) is 25.9 Å². The van der Waals surface area contributed by atoms with E-state index in [1.807, 2.05) is 0 Å². The lowest BCUT2D eigenvalue weighted by Crippen LogP contribution is -2.23. The predicted molar refractivity (Wildman–Crippen MR) is 93.4 cm³/mol. The highest BCUT2D eigenvalue weighted by molar-refractivity contribution is 5.94. The number of nitrogen functional groups attached to an aromatic ring is 1. The van der Waals surface area contributed by atoms with Crippen LogP contribution >= 0.6 is 0 Å². The Morgan fingerprint density at radius 2 is 2.04 bits per heavy atom. The highest BCUT2D eigenvalue weighted by Gasteiger charge is 2.21. The average molecular weight is 343 g/mol. The number of nitrogens with two attached hydrogens (primary N) is 1. The molecule has 0 radical (unpaired) electrons. The van der Waals surface area contributed by atoms with Gasteiger partial charge in [-0.2, -0.15) is 15.0 Å². The topological polar surface area (TPSA) is 110 Å². The SMILES string of the molecule is CN(C)c1nc(N)nc(COC(=O)c2cccnc2N2CCCC2)n1. The van der Waals surface area contributed by atoms with Crippen molar-refractivity contribution >= 4 is 23.7 Å². The largest absolute Gasteiger partial charge is 0.454 e. The van der Waals surface area contributed by atoms with Crippen molar-refractivity contribution in [1.29, 1.82) is 0 Å². The number of nitrogens with zero attached hydrogens (tertiary/aromatic N) is 6. The first-order valence-electron chi connectivity index (χ1n) is 8.09. The summed E-state index contributed by atoms with van der Waals surface area (Å²) in [4.78, 5) is 32.9. The van der Waals surface area contributed by atoms with E-state index in [0.29, 0.717) is 23.2 Å². The number of carbonyl (C=O) groups excluding carboxylic acids is 1. The zero-order chi connectivity index (χ0) is 17.8. The lowest BCUT2D eigenvalue weighted by atomic mass is 10.2. The van der Waals surface area contributed by atoms with Crippen molar-refractivity contribution in [3.05, 3.63) is 29.7 Å². The van der Waals surface area contributed by atoms with Gasteiger partial charge in [0.1, 0.15) is 11.4 Å². The minimum atomic E-state index is -0.458. The molecule has 0 unspecified atom stereocenters. The number of esters is 1. The molecule has 1 aliphatic heterocycles. The van der Waals surface area contributed by atoms with Gasteiger partial charge >= 0.3 is 5.97 Å². The predicted octanol–water partition coefficient (Wildman–Crippen LogP) is 0.872. The molecule has 1 saturated heterocycles. The lowest BCUT2D eigenvalue weighted by Gasteiger charge is -2.19. The van der Waals surface area contributed by atoms with Crippen LogP contribution in [0.4, 0.5) is 17.7 Å². The third kappa shape index (κ3) is 3.93. The molecule has 0 saturated carbocycles. The maximum Gasteiger partial charge on any atom is 0.342 e. The fourth-order valence-electron chi connectivity index (χ4n) is 2.63. The summed E-state index contributed by atoms with van der Waals surface area (Å²) in [5.74, 6) is 1.01. The van der Waals surface area contributed by atoms with Crippen molar-refractivity contribution in [2.24, 2.45) is 0 Å². The van der Waals surface area contributed by atoms with E-state index in [4.69, 9.17) is 10.5 Å². The van der Waals surface area contributed by atoms with Gasteiger partial charge in [-0.1, -0.05) is 0 Å². The van der Waals surface area contributed by atoms with Crippen LogP contribution in [-0.4, -0.2) is 53.1 Å². The second kappa shape index (κ2) is 7.29. The number of hydrogen-bond acceptors (Lipinski definition) is 9. The van der Waals surface area contributed by atoms with Gasteiger partial charge in [-0.3, -0.25) is 0 Å². The highest BCUT2D eigenvalue weighted by atomic mass is 16.5. The quantitative estimate of drug-likeness (QED) is 0.790. The minimum Gasteiger partial charge on any atom is -0.454 e. The number of carbonyl (C=O) groups is 1. The van der Waals surface area contributed by atoms with E-state index in [-0.39, 0.29) is 12.6 Å². The molecule has 0 aromatic carbocycles. The van der Waals surface area contributed by atoms with Gasteiger partial charge in [-0.05, 0) is 25.0 Å². The first-order chi connectivity index (χ1) is 12.0. The Balaban J connectivity index is 1.73. The van der Waals surface area contributed by atoms with Crippen LogP contribution in [0, 0.1) is 0 Å². The van der Waals surface area contributed by atoms with Crippen LogP contribution in [0.3, 0.4) is 0 Å². The Kier molecular flexibility index (Phi) is 4.92. The van der Waals surface area contributed by atoms with E-state index in [2.05, 4.69) is 24.8 Å². The zero-order valence-electron chi connectivity index (χ0n) is 14.3. The standard InChI is InChI=1S/C16H21N7O2/c1-22(2)16-20-12(19-15(17)21-16)10-25-14(24)11-6-5-7-18-13(11)23-8-3-4-9-23/h5-7H,3-4,8-10H2,1-2H3,(H2,17,19,20,21). The van der Waals surface area contributed by atoms with Crippen LogP contribution in [0.25, 0.3) is 0 Å². The maximum absolute atomic E-state index is 12.5. The molecular weight excluding hydrogens is 322 g/mol. The summed E-state index contributed by atoms with van der Waals surface area (Å²) in [6.07, 6.45) is 3.88. The van der Waals surface area contributed by atoms with E-state index in [9.17, 15) is 4.79 Å². The number of anilines is 3. The second-order valence-corrected chi connectivity index (χ2v) is 5.95. The molecule has 1 aliphatic rings. The summed E-state index contributed by atoms with van der Waals surface area (Å²) in [5.41, 5.74) is 6.12. The normalized spacial score (nSPS) is 13.8. The highest BCUT2D eigenvalue weighted by Crippen LogP contribution is 2.22. The maximum atomic E-state index is 12.5. The molecule has 9 heteroatoms. The summed E-state index contributed by atoms with van der Waals surface area (Å²) >= 11 is 0. The van der Waals surface area contributed by atoms with E-state index in [1.165, 1.54) is 0 Å². The summed E-state index contributed by atoms with van der Waals surface area (Å²) in [7, 11) is 3.59. The second-order valence-electron chi connectivity index (χ2n) is 5.95. The molecule has 1 fully saturated rings. The summed E-state index contributed by atoms with van der Waals surface area (Å²) in [6, 6.07) is 3.44. The van der Waals surface area contributed by atoms with Gasteiger partial charge in [0.2, 0.25) is 11.9 Å². The molecule has 0 amide bonds.